The molecule has 0 saturated heterocycles. The Morgan fingerprint density at radius 1 is 0.884 bits per heavy atom. The number of rotatable bonds is 9. The van der Waals surface area contributed by atoms with Crippen molar-refractivity contribution in [2.75, 3.05) is 24.7 Å². The van der Waals surface area contributed by atoms with E-state index >= 15 is 0 Å². The Balaban J connectivity index is 1.37. The van der Waals surface area contributed by atoms with Crippen molar-refractivity contribution < 1.29 is 32.9 Å². The van der Waals surface area contributed by atoms with Gasteiger partial charge in [0, 0.05) is 35.2 Å². The van der Waals surface area contributed by atoms with E-state index < -0.39 is 23.7 Å². The van der Waals surface area contributed by atoms with Crippen molar-refractivity contribution in [2.45, 2.75) is 31.6 Å². The number of carbonyl (C=O) groups is 2. The lowest BCUT2D eigenvalue weighted by Gasteiger charge is -2.31. The third-order valence-electron chi connectivity index (χ3n) is 6.82. The van der Waals surface area contributed by atoms with E-state index in [9.17, 15) is 14.0 Å². The highest BCUT2D eigenvalue weighted by Crippen LogP contribution is 2.38. The first-order valence-corrected chi connectivity index (χ1v) is 14.4. The molecule has 2 amide bonds. The fourth-order valence-electron chi connectivity index (χ4n) is 4.84. The molecule has 1 N–H and O–H groups in total. The largest absolute Gasteiger partial charge is 0.454 e. The zero-order valence-electron chi connectivity index (χ0n) is 23.3. The molecule has 4 aromatic rings. The van der Waals surface area contributed by atoms with E-state index in [1.54, 1.807) is 54.6 Å². The Morgan fingerprint density at radius 2 is 1.53 bits per heavy atom. The van der Waals surface area contributed by atoms with Gasteiger partial charge in [-0.25, -0.2) is 14.4 Å². The number of anilines is 1. The van der Waals surface area contributed by atoms with E-state index in [4.69, 9.17) is 18.9 Å². The first-order valence-electron chi connectivity index (χ1n) is 13.4. The summed E-state index contributed by atoms with van der Waals surface area (Å²) in [5.74, 6) is 0.493. The lowest BCUT2D eigenvalue weighted by Crippen LogP contribution is -2.42. The van der Waals surface area contributed by atoms with Crippen LogP contribution in [0, 0.1) is 19.7 Å². The number of halogens is 1. The number of ether oxygens (including phenoxy) is 4. The number of fused-ring (bicyclic) bond motifs is 2. The van der Waals surface area contributed by atoms with Crippen molar-refractivity contribution in [3.05, 3.63) is 95.1 Å². The van der Waals surface area contributed by atoms with Gasteiger partial charge in [-0.15, -0.1) is 0 Å². The maximum absolute atomic E-state index is 14.9. The molecule has 0 spiro atoms. The molecule has 220 valence electrons. The summed E-state index contributed by atoms with van der Waals surface area (Å²) in [7, 11) is 0. The summed E-state index contributed by atoms with van der Waals surface area (Å²) in [6.07, 6.45) is 0. The Kier molecular flexibility index (Phi) is 8.01. The van der Waals surface area contributed by atoms with Crippen LogP contribution in [0.15, 0.2) is 71.9 Å². The van der Waals surface area contributed by atoms with Crippen molar-refractivity contribution in [1.29, 1.82) is 0 Å². The molecule has 1 atom stereocenters. The van der Waals surface area contributed by atoms with Crippen LogP contribution in [0.4, 0.5) is 10.1 Å². The number of hydrogen-bond acceptors (Lipinski definition) is 9. The molecule has 1 aromatic heterocycles. The third kappa shape index (κ3) is 6.33. The summed E-state index contributed by atoms with van der Waals surface area (Å²) >= 11 is 1.15. The molecule has 6 rings (SSSR count). The summed E-state index contributed by atoms with van der Waals surface area (Å²) in [6.45, 7) is 3.65. The van der Waals surface area contributed by atoms with Crippen LogP contribution in [-0.4, -0.2) is 46.0 Å². The van der Waals surface area contributed by atoms with Crippen LogP contribution in [0.3, 0.4) is 0 Å². The quantitative estimate of drug-likeness (QED) is 0.204. The number of thioether (sulfide) groups is 1. The fraction of sp³-hybridized carbons (Fsp3) is 0.226. The number of amides is 2. The topological polar surface area (TPSA) is 112 Å². The second kappa shape index (κ2) is 12.2. The smallest absolute Gasteiger partial charge is 0.251 e. The summed E-state index contributed by atoms with van der Waals surface area (Å²) < 4.78 is 36.8. The molecule has 0 saturated carbocycles. The minimum Gasteiger partial charge on any atom is -0.454 e. The molecule has 3 aromatic carbocycles. The van der Waals surface area contributed by atoms with Gasteiger partial charge in [0.1, 0.15) is 11.9 Å². The number of aromatic nitrogens is 2. The molecule has 2 aliphatic heterocycles. The minimum absolute atomic E-state index is 0.0390. The lowest BCUT2D eigenvalue weighted by atomic mass is 10.0. The van der Waals surface area contributed by atoms with Crippen molar-refractivity contribution in [2.24, 2.45) is 0 Å². The van der Waals surface area contributed by atoms with Gasteiger partial charge in [0.15, 0.2) is 28.2 Å². The zero-order valence-corrected chi connectivity index (χ0v) is 24.2. The van der Waals surface area contributed by atoms with Crippen LogP contribution >= 0.6 is 11.8 Å². The fourth-order valence-corrected chi connectivity index (χ4v) is 5.68. The highest BCUT2D eigenvalue weighted by Gasteiger charge is 2.34. The van der Waals surface area contributed by atoms with E-state index in [0.29, 0.717) is 39.4 Å². The van der Waals surface area contributed by atoms with Crippen molar-refractivity contribution in [3.8, 4) is 23.0 Å². The molecular weight excluding hydrogens is 575 g/mol. The molecule has 12 heteroatoms. The van der Waals surface area contributed by atoms with E-state index in [1.807, 2.05) is 19.9 Å². The van der Waals surface area contributed by atoms with Gasteiger partial charge in [0.25, 0.3) is 5.91 Å². The van der Waals surface area contributed by atoms with Gasteiger partial charge in [-0.2, -0.15) is 0 Å². The molecule has 0 radical (unpaired) electrons. The normalized spacial score (nSPS) is 13.5. The van der Waals surface area contributed by atoms with Crippen LogP contribution in [0.5, 0.6) is 23.0 Å². The lowest BCUT2D eigenvalue weighted by molar-refractivity contribution is -0.137. The summed E-state index contributed by atoms with van der Waals surface area (Å²) in [4.78, 5) is 38.3. The highest BCUT2D eigenvalue weighted by atomic mass is 32.2. The Hall–Kier alpha value is -4.84. The van der Waals surface area contributed by atoms with Gasteiger partial charge < -0.3 is 29.2 Å². The predicted molar refractivity (Wildman–Crippen MR) is 156 cm³/mol. The predicted octanol–water partition coefficient (Wildman–Crippen LogP) is 5.19. The molecule has 1 unspecified atom stereocenters. The van der Waals surface area contributed by atoms with Crippen LogP contribution in [0.2, 0.25) is 0 Å². The minimum atomic E-state index is -1.17. The van der Waals surface area contributed by atoms with Crippen LogP contribution in [0.25, 0.3) is 0 Å². The monoisotopic (exact) mass is 602 g/mol. The summed E-state index contributed by atoms with van der Waals surface area (Å²) in [5.41, 5.74) is 2.69. The maximum atomic E-state index is 14.9. The molecule has 0 fully saturated rings. The molecular formula is C31H27FN4O6S. The number of hydrogen-bond donors (Lipinski definition) is 1. The number of aryl methyl sites for hydroxylation is 2. The molecule has 10 nitrogen and oxygen atoms in total. The SMILES string of the molecule is Cc1cc(C)nc(SCC(=O)N(Cc2ccccc2F)C(C(=O)Nc2ccc3c(c2)OCO3)c2ccc3c(c2)OCO3)n1. The van der Waals surface area contributed by atoms with E-state index in [1.165, 1.54) is 11.0 Å². The molecule has 0 bridgehead atoms. The molecule has 2 aliphatic rings. The first kappa shape index (κ1) is 28.3. The van der Waals surface area contributed by atoms with Gasteiger partial charge in [-0.3, -0.25) is 9.59 Å². The van der Waals surface area contributed by atoms with Gasteiger partial charge in [0.05, 0.1) is 5.75 Å². The Morgan fingerprint density at radius 3 is 2.26 bits per heavy atom. The van der Waals surface area contributed by atoms with E-state index in [0.717, 1.165) is 23.1 Å². The van der Waals surface area contributed by atoms with E-state index in [2.05, 4.69) is 15.3 Å². The number of benzene rings is 3. The van der Waals surface area contributed by atoms with E-state index in [-0.39, 0.29) is 31.4 Å². The average Bonchev–Trinajstić information content (AvgIpc) is 3.65. The first-order chi connectivity index (χ1) is 20.8. The average molecular weight is 603 g/mol. The van der Waals surface area contributed by atoms with Gasteiger partial charge in [-0.05, 0) is 55.8 Å². The summed E-state index contributed by atoms with van der Waals surface area (Å²) in [6, 6.07) is 16.9. The molecule has 0 aliphatic carbocycles. The standard InChI is InChI=1S/C31H27FN4O6S/c1-18-11-19(2)34-31(33-18)43-15-28(37)36(14-21-5-3-4-6-23(21)32)29(20-7-9-24-26(12-20)41-16-39-24)30(38)35-22-8-10-25-27(13-22)42-17-40-25/h3-13,29H,14-17H2,1-2H3,(H,35,38). The van der Waals surface area contributed by atoms with Gasteiger partial charge >= 0.3 is 0 Å². The number of carbonyl (C=O) groups excluding carboxylic acids is 2. The van der Waals surface area contributed by atoms with Gasteiger partial charge in [-0.1, -0.05) is 36.0 Å². The second-order valence-electron chi connectivity index (χ2n) is 9.91. The molecule has 3 heterocycles. The number of nitrogens with zero attached hydrogens (tertiary/aromatic N) is 3. The zero-order chi connectivity index (χ0) is 29.9. The van der Waals surface area contributed by atoms with Gasteiger partial charge in [0.2, 0.25) is 19.5 Å². The van der Waals surface area contributed by atoms with Crippen molar-refractivity contribution in [1.82, 2.24) is 14.9 Å². The van der Waals surface area contributed by atoms with Crippen LogP contribution in [0.1, 0.15) is 28.6 Å². The summed E-state index contributed by atoms with van der Waals surface area (Å²) in [5, 5.41) is 3.33. The Bertz CT molecular complexity index is 1680. The number of nitrogens with one attached hydrogen (secondary N) is 1. The van der Waals surface area contributed by atoms with Crippen molar-refractivity contribution in [3.63, 3.8) is 0 Å². The Labute approximate surface area is 251 Å². The van der Waals surface area contributed by atoms with Crippen LogP contribution in [-0.2, 0) is 16.1 Å². The second-order valence-corrected chi connectivity index (χ2v) is 10.9. The maximum Gasteiger partial charge on any atom is 0.251 e. The molecule has 43 heavy (non-hydrogen) atoms. The van der Waals surface area contributed by atoms with Crippen molar-refractivity contribution >= 4 is 29.3 Å². The third-order valence-corrected chi connectivity index (χ3v) is 7.65. The van der Waals surface area contributed by atoms with Crippen LogP contribution < -0.4 is 24.3 Å². The highest BCUT2D eigenvalue weighted by molar-refractivity contribution is 7.99.